The van der Waals surface area contributed by atoms with Crippen molar-refractivity contribution < 1.29 is 23.4 Å². The van der Waals surface area contributed by atoms with E-state index in [1.165, 1.54) is 6.07 Å². The molecule has 0 saturated heterocycles. The smallest absolute Gasteiger partial charge is 0.416 e. The van der Waals surface area contributed by atoms with E-state index in [-0.39, 0.29) is 11.6 Å². The number of aliphatic hydroxyl groups excluding tert-OH is 1. The van der Waals surface area contributed by atoms with Crippen LogP contribution in [0.25, 0.3) is 22.0 Å². The van der Waals surface area contributed by atoms with Gasteiger partial charge < -0.3 is 15.5 Å². The Kier molecular flexibility index (Phi) is 5.51. The van der Waals surface area contributed by atoms with Crippen LogP contribution in [-0.2, 0) is 6.18 Å². The van der Waals surface area contributed by atoms with Crippen LogP contribution in [0.2, 0.25) is 0 Å². The van der Waals surface area contributed by atoms with Gasteiger partial charge in [-0.15, -0.1) is 10.2 Å². The van der Waals surface area contributed by atoms with E-state index in [4.69, 9.17) is 0 Å². The average Bonchev–Trinajstić information content (AvgIpc) is 2.92. The van der Waals surface area contributed by atoms with Gasteiger partial charge in [0.05, 0.1) is 17.7 Å². The molecule has 1 saturated carbocycles. The van der Waals surface area contributed by atoms with Gasteiger partial charge in [-0.25, -0.2) is 0 Å². The van der Waals surface area contributed by atoms with Crippen molar-refractivity contribution in [1.29, 1.82) is 0 Å². The maximum atomic E-state index is 12.9. The largest absolute Gasteiger partial charge is 0.507 e. The van der Waals surface area contributed by atoms with Crippen LogP contribution in [0.3, 0.4) is 0 Å². The van der Waals surface area contributed by atoms with Crippen LogP contribution in [-0.4, -0.2) is 32.6 Å². The number of hydrogen-bond donors (Lipinski definition) is 3. The number of aliphatic hydroxyl groups is 1. The summed E-state index contributed by atoms with van der Waals surface area (Å²) in [6.45, 7) is 0. The van der Waals surface area contributed by atoms with Crippen LogP contribution < -0.4 is 5.32 Å². The first-order chi connectivity index (χ1) is 14.3. The molecule has 4 rings (SSSR count). The molecule has 3 N–H and O–H groups in total. The highest BCUT2D eigenvalue weighted by atomic mass is 19.4. The van der Waals surface area contributed by atoms with Gasteiger partial charge in [-0.2, -0.15) is 13.2 Å². The zero-order valence-corrected chi connectivity index (χ0v) is 16.2. The van der Waals surface area contributed by atoms with Crippen molar-refractivity contribution in [2.75, 3.05) is 5.32 Å². The van der Waals surface area contributed by atoms with Crippen LogP contribution in [0.15, 0.2) is 42.5 Å². The molecule has 3 aromatic rings. The lowest BCUT2D eigenvalue weighted by Gasteiger charge is -2.23. The van der Waals surface area contributed by atoms with Crippen LogP contribution in [0.1, 0.15) is 37.7 Å². The molecule has 1 aliphatic rings. The highest BCUT2D eigenvalue weighted by Crippen LogP contribution is 2.39. The molecule has 0 radical (unpaired) electrons. The predicted molar refractivity (Wildman–Crippen MR) is 108 cm³/mol. The van der Waals surface area contributed by atoms with Crippen molar-refractivity contribution in [3.05, 3.63) is 48.0 Å². The first-order valence-corrected chi connectivity index (χ1v) is 9.95. The summed E-state index contributed by atoms with van der Waals surface area (Å²) in [5.41, 5.74) is -0.460. The standard InChI is InChI=1S/C22H22F3N3O2/c23-22(24,25)13-10-11-16(19(30)12-13)20-14-6-4-5-7-15(14)21(28-27-20)26-17-8-2-1-3-9-18(17)29/h4-7,10-12,17-18,29-30H,1-3,8-9H2,(H,26,28). The first kappa shape index (κ1) is 20.4. The molecule has 1 heterocycles. The number of alkyl halides is 3. The van der Waals surface area contributed by atoms with Gasteiger partial charge in [0.15, 0.2) is 5.82 Å². The molecule has 2 atom stereocenters. The normalized spacial score (nSPS) is 20.1. The van der Waals surface area contributed by atoms with E-state index in [1.807, 2.05) is 12.1 Å². The van der Waals surface area contributed by atoms with Crippen molar-refractivity contribution in [2.45, 2.75) is 50.4 Å². The van der Waals surface area contributed by atoms with Gasteiger partial charge >= 0.3 is 6.18 Å². The third kappa shape index (κ3) is 4.05. The van der Waals surface area contributed by atoms with E-state index in [2.05, 4.69) is 15.5 Å². The number of nitrogens with zero attached hydrogens (tertiary/aromatic N) is 2. The molecule has 2 aromatic carbocycles. The second kappa shape index (κ2) is 8.10. The lowest BCUT2D eigenvalue weighted by atomic mass is 10.0. The van der Waals surface area contributed by atoms with E-state index in [9.17, 15) is 23.4 Å². The summed E-state index contributed by atoms with van der Waals surface area (Å²) in [4.78, 5) is 0. The van der Waals surface area contributed by atoms with Crippen molar-refractivity contribution >= 4 is 16.6 Å². The maximum Gasteiger partial charge on any atom is 0.416 e. The number of nitrogens with one attached hydrogen (secondary N) is 1. The Hall–Kier alpha value is -2.87. The van der Waals surface area contributed by atoms with Crippen molar-refractivity contribution in [2.24, 2.45) is 0 Å². The molecule has 0 bridgehead atoms. The molecule has 5 nitrogen and oxygen atoms in total. The molecular formula is C22H22F3N3O2. The minimum absolute atomic E-state index is 0.143. The average molecular weight is 417 g/mol. The molecule has 0 spiro atoms. The Morgan fingerprint density at radius 1 is 0.933 bits per heavy atom. The summed E-state index contributed by atoms with van der Waals surface area (Å²) >= 11 is 0. The van der Waals surface area contributed by atoms with Gasteiger partial charge in [-0.05, 0) is 31.0 Å². The number of benzene rings is 2. The Bertz CT molecular complexity index is 1060. The molecule has 1 aromatic heterocycles. The topological polar surface area (TPSA) is 78.3 Å². The van der Waals surface area contributed by atoms with Crippen molar-refractivity contribution in [1.82, 2.24) is 10.2 Å². The Balaban J connectivity index is 1.74. The van der Waals surface area contributed by atoms with E-state index in [0.717, 1.165) is 43.6 Å². The fraction of sp³-hybridized carbons (Fsp3) is 0.364. The summed E-state index contributed by atoms with van der Waals surface area (Å²) in [6.07, 6.45) is -0.411. The van der Waals surface area contributed by atoms with Gasteiger partial charge in [-0.1, -0.05) is 43.5 Å². The summed E-state index contributed by atoms with van der Waals surface area (Å²) < 4.78 is 38.8. The van der Waals surface area contributed by atoms with Gasteiger partial charge in [0, 0.05) is 16.3 Å². The Morgan fingerprint density at radius 3 is 2.40 bits per heavy atom. The molecule has 30 heavy (non-hydrogen) atoms. The third-order valence-corrected chi connectivity index (χ3v) is 5.57. The predicted octanol–water partition coefficient (Wildman–Crippen LogP) is 5.13. The number of fused-ring (bicyclic) bond motifs is 1. The highest BCUT2D eigenvalue weighted by Gasteiger charge is 2.31. The van der Waals surface area contributed by atoms with Gasteiger partial charge in [-0.3, -0.25) is 0 Å². The van der Waals surface area contributed by atoms with Crippen LogP contribution in [0, 0.1) is 0 Å². The highest BCUT2D eigenvalue weighted by molar-refractivity contribution is 6.00. The van der Waals surface area contributed by atoms with Gasteiger partial charge in [0.25, 0.3) is 0 Å². The maximum absolute atomic E-state index is 12.9. The fourth-order valence-electron chi connectivity index (χ4n) is 3.95. The second-order valence-corrected chi connectivity index (χ2v) is 7.63. The molecule has 0 aliphatic heterocycles. The molecule has 8 heteroatoms. The molecule has 1 aliphatic carbocycles. The number of anilines is 1. The number of halogens is 3. The first-order valence-electron chi connectivity index (χ1n) is 9.95. The molecule has 1 fully saturated rings. The molecule has 0 amide bonds. The number of rotatable bonds is 3. The lowest BCUT2D eigenvalue weighted by Crippen LogP contribution is -2.33. The third-order valence-electron chi connectivity index (χ3n) is 5.57. The lowest BCUT2D eigenvalue weighted by molar-refractivity contribution is -0.137. The minimum atomic E-state index is -4.54. The minimum Gasteiger partial charge on any atom is -0.507 e. The quantitative estimate of drug-likeness (QED) is 0.515. The van der Waals surface area contributed by atoms with Gasteiger partial charge in [0.1, 0.15) is 11.4 Å². The number of phenols is 1. The zero-order chi connectivity index (χ0) is 21.3. The van der Waals surface area contributed by atoms with E-state index < -0.39 is 23.6 Å². The summed E-state index contributed by atoms with van der Waals surface area (Å²) in [6, 6.07) is 9.91. The zero-order valence-electron chi connectivity index (χ0n) is 16.2. The van der Waals surface area contributed by atoms with E-state index in [0.29, 0.717) is 23.0 Å². The summed E-state index contributed by atoms with van der Waals surface area (Å²) in [5.74, 6) is -0.00382. The molecule has 2 unspecified atom stereocenters. The number of phenolic OH excluding ortho intramolecular Hbond substituents is 1. The molecule has 158 valence electrons. The van der Waals surface area contributed by atoms with E-state index in [1.54, 1.807) is 12.1 Å². The van der Waals surface area contributed by atoms with E-state index >= 15 is 0 Å². The second-order valence-electron chi connectivity index (χ2n) is 7.63. The molecular weight excluding hydrogens is 395 g/mol. The van der Waals surface area contributed by atoms with Gasteiger partial charge in [0.2, 0.25) is 0 Å². The van der Waals surface area contributed by atoms with Crippen LogP contribution in [0.4, 0.5) is 19.0 Å². The fourth-order valence-corrected chi connectivity index (χ4v) is 3.95. The summed E-state index contributed by atoms with van der Waals surface area (Å²) in [7, 11) is 0. The van der Waals surface area contributed by atoms with Crippen LogP contribution in [0.5, 0.6) is 5.75 Å². The SMILES string of the molecule is Oc1cc(C(F)(F)F)ccc1-c1nnc(NC2CCCCCC2O)c2ccccc12. The monoisotopic (exact) mass is 417 g/mol. The summed E-state index contributed by atoms with van der Waals surface area (Å²) in [5, 5.41) is 33.8. The van der Waals surface area contributed by atoms with Crippen molar-refractivity contribution in [3.8, 4) is 17.0 Å². The Labute approximate surface area is 171 Å². The number of hydrogen-bond acceptors (Lipinski definition) is 5. The number of aromatic hydroxyl groups is 1. The Morgan fingerprint density at radius 2 is 1.67 bits per heavy atom. The van der Waals surface area contributed by atoms with Crippen LogP contribution >= 0.6 is 0 Å². The number of aromatic nitrogens is 2. The van der Waals surface area contributed by atoms with Crippen molar-refractivity contribution in [3.63, 3.8) is 0 Å².